The van der Waals surface area contributed by atoms with Gasteiger partial charge in [0.05, 0.1) is 5.69 Å². The van der Waals surface area contributed by atoms with Gasteiger partial charge in [-0.1, -0.05) is 22.0 Å². The van der Waals surface area contributed by atoms with Gasteiger partial charge in [-0.2, -0.15) is 5.10 Å². The molecule has 2 amide bonds. The number of benzene rings is 2. The molecule has 1 aliphatic heterocycles. The SMILES string of the molecule is Cc1cc(C)cc(NC(=O)C2=NN(c3ccc(Br)cc3)C(=O)CC2)c1. The smallest absolute Gasteiger partial charge is 0.271 e. The van der Waals surface area contributed by atoms with Gasteiger partial charge in [-0.05, 0) is 61.4 Å². The molecule has 5 nitrogen and oxygen atoms in total. The van der Waals surface area contributed by atoms with Gasteiger partial charge < -0.3 is 5.32 Å². The predicted octanol–water partition coefficient (Wildman–Crippen LogP) is 4.19. The third kappa shape index (κ3) is 4.14. The first-order valence-corrected chi connectivity index (χ1v) is 8.77. The molecule has 1 heterocycles. The number of carbonyl (C=O) groups excluding carboxylic acids is 2. The Morgan fingerprint density at radius 2 is 1.72 bits per heavy atom. The Hall–Kier alpha value is -2.47. The highest BCUT2D eigenvalue weighted by Crippen LogP contribution is 2.23. The lowest BCUT2D eigenvalue weighted by molar-refractivity contribution is -0.118. The summed E-state index contributed by atoms with van der Waals surface area (Å²) >= 11 is 3.36. The molecule has 0 aromatic heterocycles. The zero-order valence-corrected chi connectivity index (χ0v) is 15.6. The first-order chi connectivity index (χ1) is 11.9. The molecule has 25 heavy (non-hydrogen) atoms. The third-order valence-corrected chi connectivity index (χ3v) is 4.37. The summed E-state index contributed by atoms with van der Waals surface area (Å²) in [6.45, 7) is 3.96. The molecule has 0 saturated carbocycles. The van der Waals surface area contributed by atoms with Crippen LogP contribution in [0.15, 0.2) is 52.0 Å². The number of hydrogen-bond donors (Lipinski definition) is 1. The monoisotopic (exact) mass is 399 g/mol. The van der Waals surface area contributed by atoms with Crippen LogP contribution < -0.4 is 10.3 Å². The van der Waals surface area contributed by atoms with E-state index in [4.69, 9.17) is 0 Å². The standard InChI is InChI=1S/C19H18BrN3O2/c1-12-9-13(2)11-15(10-12)21-19(25)17-7-8-18(24)23(22-17)16-5-3-14(20)4-6-16/h3-6,9-11H,7-8H2,1-2H3,(H,21,25). The minimum absolute atomic E-state index is 0.120. The zero-order chi connectivity index (χ0) is 18.0. The zero-order valence-electron chi connectivity index (χ0n) is 14.0. The van der Waals surface area contributed by atoms with Gasteiger partial charge in [0, 0.05) is 23.0 Å². The normalized spacial score (nSPS) is 14.3. The molecule has 0 saturated heterocycles. The molecule has 128 valence electrons. The summed E-state index contributed by atoms with van der Waals surface area (Å²) in [4.78, 5) is 24.7. The number of hydrazone groups is 1. The number of halogens is 1. The van der Waals surface area contributed by atoms with Crippen molar-refractivity contribution in [1.82, 2.24) is 0 Å². The van der Waals surface area contributed by atoms with Gasteiger partial charge in [0.2, 0.25) is 5.91 Å². The van der Waals surface area contributed by atoms with Crippen molar-refractivity contribution in [3.8, 4) is 0 Å². The summed E-state index contributed by atoms with van der Waals surface area (Å²) in [5, 5.41) is 8.45. The minimum Gasteiger partial charge on any atom is -0.321 e. The Balaban J connectivity index is 1.83. The Kier molecular flexibility index (Phi) is 4.99. The lowest BCUT2D eigenvalue weighted by Gasteiger charge is -2.23. The molecule has 0 fully saturated rings. The molecule has 2 aromatic carbocycles. The van der Waals surface area contributed by atoms with Crippen molar-refractivity contribution in [1.29, 1.82) is 0 Å². The maximum absolute atomic E-state index is 12.5. The van der Waals surface area contributed by atoms with E-state index in [1.807, 2.05) is 44.2 Å². The van der Waals surface area contributed by atoms with Crippen LogP contribution in [0, 0.1) is 13.8 Å². The maximum atomic E-state index is 12.5. The molecule has 2 aromatic rings. The van der Waals surface area contributed by atoms with Crippen molar-refractivity contribution < 1.29 is 9.59 Å². The second-order valence-corrected chi connectivity index (χ2v) is 6.97. The highest BCUT2D eigenvalue weighted by Gasteiger charge is 2.25. The summed E-state index contributed by atoms with van der Waals surface area (Å²) in [5.41, 5.74) is 3.88. The fourth-order valence-corrected chi connectivity index (χ4v) is 3.02. The van der Waals surface area contributed by atoms with Crippen LogP contribution in [0.25, 0.3) is 0 Å². The lowest BCUT2D eigenvalue weighted by Crippen LogP contribution is -2.36. The number of hydrogen-bond acceptors (Lipinski definition) is 3. The van der Waals surface area contributed by atoms with Crippen LogP contribution in [0.1, 0.15) is 24.0 Å². The number of amides is 2. The summed E-state index contributed by atoms with van der Waals surface area (Å²) in [6, 6.07) is 13.1. The second-order valence-electron chi connectivity index (χ2n) is 6.06. The summed E-state index contributed by atoms with van der Waals surface area (Å²) < 4.78 is 0.914. The average Bonchev–Trinajstić information content (AvgIpc) is 2.55. The van der Waals surface area contributed by atoms with Gasteiger partial charge in [0.1, 0.15) is 5.71 Å². The molecule has 0 unspecified atom stereocenters. The quantitative estimate of drug-likeness (QED) is 0.840. The van der Waals surface area contributed by atoms with Gasteiger partial charge in [0.15, 0.2) is 0 Å². The Morgan fingerprint density at radius 3 is 2.36 bits per heavy atom. The molecule has 0 spiro atoms. The summed E-state index contributed by atoms with van der Waals surface area (Å²) in [5.74, 6) is -0.398. The van der Waals surface area contributed by atoms with E-state index in [-0.39, 0.29) is 18.2 Å². The van der Waals surface area contributed by atoms with E-state index in [9.17, 15) is 9.59 Å². The van der Waals surface area contributed by atoms with Crippen LogP contribution in [0.5, 0.6) is 0 Å². The highest BCUT2D eigenvalue weighted by molar-refractivity contribution is 9.10. The van der Waals surface area contributed by atoms with Crippen LogP contribution >= 0.6 is 15.9 Å². The minimum atomic E-state index is -0.278. The summed E-state index contributed by atoms with van der Waals surface area (Å²) in [6.07, 6.45) is 0.595. The van der Waals surface area contributed by atoms with Crippen molar-refractivity contribution in [2.24, 2.45) is 5.10 Å². The number of carbonyl (C=O) groups is 2. The first kappa shape index (κ1) is 17.4. The van der Waals surface area contributed by atoms with Gasteiger partial charge in [-0.15, -0.1) is 0 Å². The average molecular weight is 400 g/mol. The van der Waals surface area contributed by atoms with Gasteiger partial charge in [-0.3, -0.25) is 9.59 Å². The fourth-order valence-electron chi connectivity index (χ4n) is 2.75. The van der Waals surface area contributed by atoms with E-state index in [0.717, 1.165) is 21.3 Å². The van der Waals surface area contributed by atoms with Crippen molar-refractivity contribution in [2.45, 2.75) is 26.7 Å². The van der Waals surface area contributed by atoms with Crippen LogP contribution in [0.3, 0.4) is 0 Å². The van der Waals surface area contributed by atoms with Crippen molar-refractivity contribution >= 4 is 44.8 Å². The number of rotatable bonds is 3. The largest absolute Gasteiger partial charge is 0.321 e. The summed E-state index contributed by atoms with van der Waals surface area (Å²) in [7, 11) is 0. The molecule has 0 atom stereocenters. The van der Waals surface area contributed by atoms with Crippen LogP contribution in [-0.2, 0) is 9.59 Å². The number of aryl methyl sites for hydroxylation is 2. The van der Waals surface area contributed by atoms with E-state index < -0.39 is 0 Å². The molecule has 6 heteroatoms. The molecular weight excluding hydrogens is 382 g/mol. The topological polar surface area (TPSA) is 61.8 Å². The van der Waals surface area contributed by atoms with Crippen LogP contribution in [-0.4, -0.2) is 17.5 Å². The lowest BCUT2D eigenvalue weighted by atomic mass is 10.1. The van der Waals surface area contributed by atoms with E-state index in [1.165, 1.54) is 5.01 Å². The predicted molar refractivity (Wildman–Crippen MR) is 103 cm³/mol. The van der Waals surface area contributed by atoms with E-state index in [1.54, 1.807) is 12.1 Å². The Bertz CT molecular complexity index is 839. The van der Waals surface area contributed by atoms with Crippen molar-refractivity contribution in [3.05, 3.63) is 58.1 Å². The van der Waals surface area contributed by atoms with Crippen molar-refractivity contribution in [2.75, 3.05) is 10.3 Å². The maximum Gasteiger partial charge on any atom is 0.271 e. The Morgan fingerprint density at radius 1 is 1.08 bits per heavy atom. The van der Waals surface area contributed by atoms with Gasteiger partial charge in [0.25, 0.3) is 5.91 Å². The third-order valence-electron chi connectivity index (χ3n) is 3.85. The molecule has 0 aliphatic carbocycles. The first-order valence-electron chi connectivity index (χ1n) is 7.98. The van der Waals surface area contributed by atoms with Crippen LogP contribution in [0.4, 0.5) is 11.4 Å². The molecule has 1 aliphatic rings. The number of nitrogens with one attached hydrogen (secondary N) is 1. The van der Waals surface area contributed by atoms with E-state index in [2.05, 4.69) is 26.3 Å². The number of nitrogens with zero attached hydrogens (tertiary/aromatic N) is 2. The Labute approximate surface area is 154 Å². The van der Waals surface area contributed by atoms with E-state index >= 15 is 0 Å². The number of anilines is 2. The molecule has 3 rings (SSSR count). The molecule has 1 N–H and O–H groups in total. The van der Waals surface area contributed by atoms with Gasteiger partial charge >= 0.3 is 0 Å². The molecular formula is C19H18BrN3O2. The van der Waals surface area contributed by atoms with Gasteiger partial charge in [-0.25, -0.2) is 5.01 Å². The highest BCUT2D eigenvalue weighted by atomic mass is 79.9. The van der Waals surface area contributed by atoms with Crippen LogP contribution in [0.2, 0.25) is 0 Å². The molecule has 0 bridgehead atoms. The van der Waals surface area contributed by atoms with Crippen molar-refractivity contribution in [3.63, 3.8) is 0 Å². The molecule has 0 radical (unpaired) electrons. The fraction of sp³-hybridized carbons (Fsp3) is 0.211. The van der Waals surface area contributed by atoms with E-state index in [0.29, 0.717) is 17.8 Å². The second kappa shape index (κ2) is 7.19.